The first-order valence-corrected chi connectivity index (χ1v) is 8.62. The molecule has 0 atom stereocenters. The fourth-order valence-corrected chi connectivity index (χ4v) is 4.07. The van der Waals surface area contributed by atoms with Gasteiger partial charge < -0.3 is 4.90 Å². The van der Waals surface area contributed by atoms with E-state index in [1.807, 2.05) is 44.6 Å². The SMILES string of the molecule is CN(Cc1cnn(C)c1)C(=O)CSc1nc2ccccc2s1. The van der Waals surface area contributed by atoms with Gasteiger partial charge in [-0.05, 0) is 12.1 Å². The van der Waals surface area contributed by atoms with Crippen molar-refractivity contribution in [3.05, 3.63) is 42.2 Å². The van der Waals surface area contributed by atoms with Gasteiger partial charge in [0.25, 0.3) is 0 Å². The molecule has 0 aliphatic rings. The fourth-order valence-electron chi connectivity index (χ4n) is 2.06. The second-order valence-corrected chi connectivity index (χ2v) is 7.26. The Morgan fingerprint density at radius 1 is 1.41 bits per heavy atom. The highest BCUT2D eigenvalue weighted by molar-refractivity contribution is 8.01. The number of carbonyl (C=O) groups is 1. The van der Waals surface area contributed by atoms with Crippen molar-refractivity contribution in [1.82, 2.24) is 19.7 Å². The lowest BCUT2D eigenvalue weighted by atomic mass is 10.3. The van der Waals surface area contributed by atoms with E-state index < -0.39 is 0 Å². The summed E-state index contributed by atoms with van der Waals surface area (Å²) >= 11 is 3.12. The second kappa shape index (κ2) is 6.50. The first kappa shape index (κ1) is 15.1. The molecule has 0 aliphatic carbocycles. The summed E-state index contributed by atoms with van der Waals surface area (Å²) in [5.74, 6) is 0.490. The van der Waals surface area contributed by atoms with Crippen LogP contribution in [0.1, 0.15) is 5.56 Å². The Hall–Kier alpha value is -1.86. The van der Waals surface area contributed by atoms with E-state index in [0.29, 0.717) is 12.3 Å². The third-order valence-electron chi connectivity index (χ3n) is 3.20. The van der Waals surface area contributed by atoms with Crippen LogP contribution in [-0.2, 0) is 18.4 Å². The second-order valence-electron chi connectivity index (χ2n) is 5.01. The highest BCUT2D eigenvalue weighted by atomic mass is 32.2. The zero-order valence-electron chi connectivity index (χ0n) is 12.4. The lowest BCUT2D eigenvalue weighted by molar-refractivity contribution is -0.127. The summed E-state index contributed by atoms with van der Waals surface area (Å²) in [6.45, 7) is 0.576. The smallest absolute Gasteiger partial charge is 0.233 e. The van der Waals surface area contributed by atoms with Gasteiger partial charge in [-0.2, -0.15) is 5.10 Å². The van der Waals surface area contributed by atoms with Crippen LogP contribution in [0.5, 0.6) is 0 Å². The normalized spacial score (nSPS) is 11.0. The van der Waals surface area contributed by atoms with Gasteiger partial charge in [-0.15, -0.1) is 11.3 Å². The minimum absolute atomic E-state index is 0.0908. The molecule has 0 bridgehead atoms. The molecule has 5 nitrogen and oxygen atoms in total. The Morgan fingerprint density at radius 2 is 2.23 bits per heavy atom. The predicted molar refractivity (Wildman–Crippen MR) is 90.0 cm³/mol. The molecule has 0 spiro atoms. The average Bonchev–Trinajstić information content (AvgIpc) is 3.10. The Balaban J connectivity index is 1.57. The quantitative estimate of drug-likeness (QED) is 0.674. The van der Waals surface area contributed by atoms with Gasteiger partial charge >= 0.3 is 0 Å². The molecule has 0 fully saturated rings. The maximum atomic E-state index is 12.2. The predicted octanol–water partition coefficient (Wildman–Crippen LogP) is 2.78. The minimum Gasteiger partial charge on any atom is -0.341 e. The summed E-state index contributed by atoms with van der Waals surface area (Å²) in [5, 5.41) is 4.11. The minimum atomic E-state index is 0.0908. The number of nitrogens with zero attached hydrogens (tertiary/aromatic N) is 4. The van der Waals surface area contributed by atoms with Crippen molar-refractivity contribution in [1.29, 1.82) is 0 Å². The monoisotopic (exact) mass is 332 g/mol. The topological polar surface area (TPSA) is 51.0 Å². The van der Waals surface area contributed by atoms with Gasteiger partial charge in [0.15, 0.2) is 4.34 Å². The molecule has 0 unspecified atom stereocenters. The van der Waals surface area contributed by atoms with Crippen LogP contribution in [0, 0.1) is 0 Å². The third-order valence-corrected chi connectivity index (χ3v) is 5.36. The highest BCUT2D eigenvalue weighted by Crippen LogP contribution is 2.29. The summed E-state index contributed by atoms with van der Waals surface area (Å²) < 4.78 is 3.83. The Bertz CT molecular complexity index is 763. The van der Waals surface area contributed by atoms with Crippen LogP contribution in [-0.4, -0.2) is 38.4 Å². The molecule has 0 saturated heterocycles. The lowest BCUT2D eigenvalue weighted by Crippen LogP contribution is -2.27. The molecule has 2 heterocycles. The van der Waals surface area contributed by atoms with Gasteiger partial charge in [0.05, 0.1) is 22.2 Å². The van der Waals surface area contributed by atoms with Gasteiger partial charge in [-0.3, -0.25) is 9.48 Å². The van der Waals surface area contributed by atoms with Crippen LogP contribution in [0.15, 0.2) is 41.0 Å². The van der Waals surface area contributed by atoms with Crippen LogP contribution in [0.4, 0.5) is 0 Å². The number of hydrogen-bond donors (Lipinski definition) is 0. The van der Waals surface area contributed by atoms with E-state index in [-0.39, 0.29) is 5.91 Å². The number of benzene rings is 1. The van der Waals surface area contributed by atoms with Gasteiger partial charge in [0, 0.05) is 32.4 Å². The van der Waals surface area contributed by atoms with Gasteiger partial charge in [0.2, 0.25) is 5.91 Å². The zero-order valence-corrected chi connectivity index (χ0v) is 14.0. The molecule has 0 saturated carbocycles. The van der Waals surface area contributed by atoms with Crippen molar-refractivity contribution in [3.63, 3.8) is 0 Å². The first-order valence-electron chi connectivity index (χ1n) is 6.81. The number of thiazole rings is 1. The Labute approximate surface area is 137 Å². The van der Waals surface area contributed by atoms with Gasteiger partial charge in [-0.25, -0.2) is 4.98 Å². The van der Waals surface area contributed by atoms with E-state index in [0.717, 1.165) is 20.1 Å². The molecule has 0 radical (unpaired) electrons. The van der Waals surface area contributed by atoms with Crippen molar-refractivity contribution < 1.29 is 4.79 Å². The number of aromatic nitrogens is 3. The number of aryl methyl sites for hydroxylation is 1. The van der Waals surface area contributed by atoms with E-state index in [2.05, 4.69) is 10.1 Å². The molecule has 3 rings (SSSR count). The summed E-state index contributed by atoms with van der Waals surface area (Å²) in [4.78, 5) is 18.4. The molecule has 1 aromatic carbocycles. The Kier molecular flexibility index (Phi) is 4.44. The molecule has 7 heteroatoms. The van der Waals surface area contributed by atoms with E-state index in [4.69, 9.17) is 0 Å². The molecule has 3 aromatic rings. The van der Waals surface area contributed by atoms with Crippen molar-refractivity contribution >= 4 is 39.2 Å². The zero-order chi connectivity index (χ0) is 15.5. The van der Waals surface area contributed by atoms with Crippen LogP contribution in [0.2, 0.25) is 0 Å². The molecular weight excluding hydrogens is 316 g/mol. The number of thioether (sulfide) groups is 1. The van der Waals surface area contributed by atoms with Crippen molar-refractivity contribution in [2.75, 3.05) is 12.8 Å². The molecule has 0 N–H and O–H groups in total. The molecule has 2 aromatic heterocycles. The highest BCUT2D eigenvalue weighted by Gasteiger charge is 2.12. The number of carbonyl (C=O) groups excluding carboxylic acids is 1. The summed E-state index contributed by atoms with van der Waals surface area (Å²) in [7, 11) is 3.68. The Morgan fingerprint density at radius 3 is 2.95 bits per heavy atom. The van der Waals surface area contributed by atoms with Crippen molar-refractivity contribution in [2.45, 2.75) is 10.9 Å². The molecule has 22 heavy (non-hydrogen) atoms. The third kappa shape index (κ3) is 3.48. The van der Waals surface area contributed by atoms with Gasteiger partial charge in [-0.1, -0.05) is 23.9 Å². The van der Waals surface area contributed by atoms with Crippen LogP contribution in [0.25, 0.3) is 10.2 Å². The molecule has 1 amide bonds. The average molecular weight is 332 g/mol. The molecule has 0 aliphatic heterocycles. The van der Waals surface area contributed by atoms with E-state index >= 15 is 0 Å². The van der Waals surface area contributed by atoms with Gasteiger partial charge in [0.1, 0.15) is 0 Å². The maximum absolute atomic E-state index is 12.2. The van der Waals surface area contributed by atoms with E-state index in [1.54, 1.807) is 27.1 Å². The summed E-state index contributed by atoms with van der Waals surface area (Å²) in [6, 6.07) is 8.02. The van der Waals surface area contributed by atoms with Crippen molar-refractivity contribution in [3.8, 4) is 0 Å². The van der Waals surface area contributed by atoms with E-state index in [1.165, 1.54) is 11.8 Å². The van der Waals surface area contributed by atoms with E-state index in [9.17, 15) is 4.79 Å². The van der Waals surface area contributed by atoms with Crippen LogP contribution in [0.3, 0.4) is 0 Å². The first-order chi connectivity index (χ1) is 10.6. The number of para-hydroxylation sites is 1. The summed E-state index contributed by atoms with van der Waals surface area (Å²) in [6.07, 6.45) is 3.70. The lowest BCUT2D eigenvalue weighted by Gasteiger charge is -2.15. The number of hydrogen-bond acceptors (Lipinski definition) is 5. The number of amides is 1. The maximum Gasteiger partial charge on any atom is 0.233 e. The largest absolute Gasteiger partial charge is 0.341 e. The number of fused-ring (bicyclic) bond motifs is 1. The fraction of sp³-hybridized carbons (Fsp3) is 0.267. The van der Waals surface area contributed by atoms with Crippen LogP contribution >= 0.6 is 23.1 Å². The van der Waals surface area contributed by atoms with Crippen molar-refractivity contribution in [2.24, 2.45) is 7.05 Å². The van der Waals surface area contributed by atoms with Crippen LogP contribution < -0.4 is 0 Å². The molecule has 114 valence electrons. The molecular formula is C15H16N4OS2. The standard InChI is InChI=1S/C15H16N4OS2/c1-18(8-11-7-16-19(2)9-11)14(20)10-21-15-17-12-5-3-4-6-13(12)22-15/h3-7,9H,8,10H2,1-2H3. The number of rotatable bonds is 5. The summed E-state index contributed by atoms with van der Waals surface area (Å²) in [5.41, 5.74) is 2.02.